The lowest BCUT2D eigenvalue weighted by atomic mass is 10.1. The number of alkyl halides is 4. The smallest absolute Gasteiger partial charge is 0.418 e. The minimum atomic E-state index is -4.72. The first-order valence-electron chi connectivity index (χ1n) is 11.6. The van der Waals surface area contributed by atoms with Gasteiger partial charge in [0.2, 0.25) is 5.88 Å². The van der Waals surface area contributed by atoms with Crippen LogP contribution in [0.15, 0.2) is 24.7 Å². The van der Waals surface area contributed by atoms with Gasteiger partial charge in [0.25, 0.3) is 5.91 Å². The van der Waals surface area contributed by atoms with Crippen LogP contribution in [0.4, 0.5) is 23.4 Å². The van der Waals surface area contributed by atoms with Crippen LogP contribution >= 0.6 is 0 Å². The van der Waals surface area contributed by atoms with Gasteiger partial charge in [0.05, 0.1) is 24.4 Å². The highest BCUT2D eigenvalue weighted by Crippen LogP contribution is 2.39. The van der Waals surface area contributed by atoms with E-state index in [-0.39, 0.29) is 35.1 Å². The van der Waals surface area contributed by atoms with Crippen molar-refractivity contribution in [1.82, 2.24) is 29.8 Å². The van der Waals surface area contributed by atoms with Crippen LogP contribution in [0, 0.1) is 0 Å². The molecule has 2 unspecified atom stereocenters. The zero-order valence-corrected chi connectivity index (χ0v) is 19.4. The number of ether oxygens (including phenoxy) is 1. The number of halogens is 4. The van der Waals surface area contributed by atoms with E-state index in [1.807, 2.05) is 0 Å². The molecule has 2 fully saturated rings. The topological polar surface area (TPSA) is 111 Å². The molecule has 2 aliphatic rings. The molecule has 1 saturated carbocycles. The van der Waals surface area contributed by atoms with Gasteiger partial charge in [0.15, 0.2) is 5.82 Å². The number of amides is 1. The van der Waals surface area contributed by atoms with Gasteiger partial charge >= 0.3 is 6.18 Å². The number of anilines is 1. The molecule has 9 nitrogen and oxygen atoms in total. The molecule has 3 N–H and O–H groups in total. The highest BCUT2D eigenvalue weighted by molar-refractivity contribution is 5.98. The van der Waals surface area contributed by atoms with E-state index in [1.165, 1.54) is 19.4 Å². The number of hydrogen-bond acceptors (Lipinski definition) is 7. The van der Waals surface area contributed by atoms with Gasteiger partial charge in [-0.2, -0.15) is 18.3 Å². The number of nitrogens with zero attached hydrogens (tertiary/aromatic N) is 5. The molecule has 4 heterocycles. The molecule has 2 atom stereocenters. The Bertz CT molecular complexity index is 1290. The molecule has 192 valence electrons. The maximum atomic E-state index is 14.8. The zero-order chi connectivity index (χ0) is 25.6. The number of likely N-dealkylation sites (tertiary alicyclic amines) is 1. The Labute approximate surface area is 203 Å². The van der Waals surface area contributed by atoms with E-state index in [4.69, 9.17) is 10.5 Å². The van der Waals surface area contributed by atoms with Crippen LogP contribution < -0.4 is 15.8 Å². The second kappa shape index (κ2) is 9.19. The van der Waals surface area contributed by atoms with E-state index in [2.05, 4.69) is 25.3 Å². The summed E-state index contributed by atoms with van der Waals surface area (Å²) in [6.45, 7) is 0.643. The zero-order valence-electron chi connectivity index (χ0n) is 19.4. The van der Waals surface area contributed by atoms with Crippen molar-refractivity contribution in [1.29, 1.82) is 0 Å². The van der Waals surface area contributed by atoms with Gasteiger partial charge in [-0.1, -0.05) is 12.8 Å². The Morgan fingerprint density at radius 2 is 1.94 bits per heavy atom. The Morgan fingerprint density at radius 1 is 1.19 bits per heavy atom. The summed E-state index contributed by atoms with van der Waals surface area (Å²) >= 11 is 0. The normalized spacial score (nSPS) is 21.4. The van der Waals surface area contributed by atoms with Crippen molar-refractivity contribution in [2.24, 2.45) is 0 Å². The number of rotatable bonds is 5. The van der Waals surface area contributed by atoms with Crippen molar-refractivity contribution in [3.05, 3.63) is 35.8 Å². The summed E-state index contributed by atoms with van der Waals surface area (Å²) in [5.74, 6) is -1.01. The second-order valence-electron chi connectivity index (χ2n) is 9.12. The molecule has 5 rings (SSSR count). The van der Waals surface area contributed by atoms with Crippen LogP contribution in [0.1, 0.15) is 41.6 Å². The van der Waals surface area contributed by atoms with Crippen LogP contribution in [0.5, 0.6) is 5.88 Å². The van der Waals surface area contributed by atoms with Crippen molar-refractivity contribution < 1.29 is 27.1 Å². The highest BCUT2D eigenvalue weighted by atomic mass is 19.4. The van der Waals surface area contributed by atoms with Gasteiger partial charge in [-0.15, -0.1) is 0 Å². The molecule has 3 aromatic heterocycles. The van der Waals surface area contributed by atoms with E-state index in [0.29, 0.717) is 12.6 Å². The number of nitrogens with one attached hydrogen (secondary N) is 1. The fourth-order valence-corrected chi connectivity index (χ4v) is 5.15. The number of fused-ring (bicyclic) bond motifs is 1. The van der Waals surface area contributed by atoms with E-state index in [0.717, 1.165) is 42.6 Å². The van der Waals surface area contributed by atoms with E-state index < -0.39 is 35.4 Å². The number of nitrogens with two attached hydrogens (primary N) is 1. The van der Waals surface area contributed by atoms with Crippen LogP contribution in [0.2, 0.25) is 0 Å². The third-order valence-corrected chi connectivity index (χ3v) is 6.91. The third-order valence-electron chi connectivity index (χ3n) is 6.91. The highest BCUT2D eigenvalue weighted by Gasteiger charge is 2.39. The summed E-state index contributed by atoms with van der Waals surface area (Å²) in [5, 5.41) is 6.64. The predicted molar refractivity (Wildman–Crippen MR) is 122 cm³/mol. The SMILES string of the molecule is COc1ncc(-c2cc(C(F)(F)F)c3c(N)ncnn23)cc1C(=O)NC1CN(C2CCCC2)CC1F. The molecule has 1 amide bonds. The Hall–Kier alpha value is -3.48. The summed E-state index contributed by atoms with van der Waals surface area (Å²) in [6, 6.07) is 1.83. The number of hydrogen-bond donors (Lipinski definition) is 2. The van der Waals surface area contributed by atoms with Crippen molar-refractivity contribution >= 4 is 17.2 Å². The lowest BCUT2D eigenvalue weighted by Gasteiger charge is -2.23. The lowest BCUT2D eigenvalue weighted by Crippen LogP contribution is -2.42. The van der Waals surface area contributed by atoms with E-state index in [1.54, 1.807) is 0 Å². The number of carbonyl (C=O) groups is 1. The quantitative estimate of drug-likeness (QED) is 0.511. The molecule has 0 spiro atoms. The van der Waals surface area contributed by atoms with Gasteiger partial charge in [-0.25, -0.2) is 18.9 Å². The van der Waals surface area contributed by atoms with Crippen LogP contribution in [-0.2, 0) is 6.18 Å². The molecule has 0 bridgehead atoms. The van der Waals surface area contributed by atoms with E-state index in [9.17, 15) is 22.4 Å². The minimum Gasteiger partial charge on any atom is -0.480 e. The van der Waals surface area contributed by atoms with Crippen LogP contribution in [0.25, 0.3) is 16.8 Å². The monoisotopic (exact) mass is 507 g/mol. The Morgan fingerprint density at radius 3 is 2.64 bits per heavy atom. The molecule has 13 heteroatoms. The first kappa shape index (κ1) is 24.2. The largest absolute Gasteiger partial charge is 0.480 e. The standard InChI is InChI=1S/C23H25F4N7O2/c1-36-22-14(21(35)32-17-10-33(9-16(17)24)13-4-2-3-5-13)6-12(8-29-22)18-7-15(23(25,26)27)19-20(28)30-11-31-34(18)19/h6-8,11,13,16-17H,2-5,9-10H2,1H3,(H,32,35)(H2,28,30,31). The Balaban J connectivity index is 1.47. The van der Waals surface area contributed by atoms with Gasteiger partial charge in [0.1, 0.15) is 23.6 Å². The molecule has 1 aliphatic heterocycles. The first-order chi connectivity index (χ1) is 17.2. The van der Waals surface area contributed by atoms with Gasteiger partial charge in [-0.3, -0.25) is 9.69 Å². The van der Waals surface area contributed by atoms with Gasteiger partial charge < -0.3 is 15.8 Å². The third kappa shape index (κ3) is 4.31. The molecule has 1 aliphatic carbocycles. The fraction of sp³-hybridized carbons (Fsp3) is 0.478. The number of pyridine rings is 1. The van der Waals surface area contributed by atoms with E-state index >= 15 is 0 Å². The van der Waals surface area contributed by atoms with Crippen LogP contribution in [-0.4, -0.2) is 68.8 Å². The van der Waals surface area contributed by atoms with Crippen molar-refractivity contribution in [2.45, 2.75) is 50.1 Å². The van der Waals surface area contributed by atoms with Gasteiger partial charge in [0, 0.05) is 30.9 Å². The maximum Gasteiger partial charge on any atom is 0.418 e. The summed E-state index contributed by atoms with van der Waals surface area (Å²) in [5.41, 5.74) is 4.44. The first-order valence-corrected chi connectivity index (χ1v) is 11.6. The summed E-state index contributed by atoms with van der Waals surface area (Å²) in [6.07, 6.45) is 0.627. The minimum absolute atomic E-state index is 0.00673. The fourth-order valence-electron chi connectivity index (χ4n) is 5.15. The second-order valence-corrected chi connectivity index (χ2v) is 9.12. The number of aromatic nitrogens is 4. The Kier molecular flexibility index (Phi) is 6.18. The molecular formula is C23H25F4N7O2. The number of carbonyl (C=O) groups excluding carboxylic acids is 1. The molecular weight excluding hydrogens is 482 g/mol. The number of methoxy groups -OCH3 is 1. The number of nitrogen functional groups attached to an aromatic ring is 1. The van der Waals surface area contributed by atoms with Gasteiger partial charge in [-0.05, 0) is 25.0 Å². The molecule has 36 heavy (non-hydrogen) atoms. The van der Waals surface area contributed by atoms with Crippen molar-refractivity contribution in [3.63, 3.8) is 0 Å². The lowest BCUT2D eigenvalue weighted by molar-refractivity contribution is -0.136. The molecule has 3 aromatic rings. The van der Waals surface area contributed by atoms with Crippen molar-refractivity contribution in [2.75, 3.05) is 25.9 Å². The maximum absolute atomic E-state index is 14.8. The van der Waals surface area contributed by atoms with Crippen molar-refractivity contribution in [3.8, 4) is 17.1 Å². The average molecular weight is 507 g/mol. The predicted octanol–water partition coefficient (Wildman–Crippen LogP) is 3.10. The average Bonchev–Trinajstić information content (AvgIpc) is 3.58. The summed E-state index contributed by atoms with van der Waals surface area (Å²) < 4.78 is 62.1. The molecule has 0 aromatic carbocycles. The summed E-state index contributed by atoms with van der Waals surface area (Å²) in [4.78, 5) is 23.0. The molecule has 1 saturated heterocycles. The van der Waals surface area contributed by atoms with Crippen LogP contribution in [0.3, 0.4) is 0 Å². The summed E-state index contributed by atoms with van der Waals surface area (Å²) in [7, 11) is 1.32. The molecule has 0 radical (unpaired) electrons.